The van der Waals surface area contributed by atoms with Gasteiger partial charge in [-0.1, -0.05) is 30.3 Å². The molecule has 0 fully saturated rings. The highest BCUT2D eigenvalue weighted by Crippen LogP contribution is 2.27. The van der Waals surface area contributed by atoms with E-state index in [1.807, 2.05) is 24.3 Å². The Labute approximate surface area is 105 Å². The van der Waals surface area contributed by atoms with Gasteiger partial charge in [0, 0.05) is 4.90 Å². The van der Waals surface area contributed by atoms with Crippen molar-refractivity contribution >= 4 is 18.9 Å². The first-order valence-electron chi connectivity index (χ1n) is 5.21. The van der Waals surface area contributed by atoms with Crippen LogP contribution < -0.4 is 0 Å². The van der Waals surface area contributed by atoms with Crippen LogP contribution in [0, 0.1) is 5.82 Å². The van der Waals surface area contributed by atoms with E-state index in [-0.39, 0.29) is 5.82 Å². The van der Waals surface area contributed by atoms with Crippen LogP contribution in [-0.2, 0) is 4.79 Å². The fourth-order valence-electron chi connectivity index (χ4n) is 1.75. The molecule has 1 unspecified atom stereocenters. The maximum absolute atomic E-state index is 12.8. The molecule has 1 nitrogen and oxygen atoms in total. The number of carbonyl (C=O) groups excluding carboxylic acids is 1. The summed E-state index contributed by atoms with van der Waals surface area (Å²) in [6.07, 6.45) is 0.849. The summed E-state index contributed by atoms with van der Waals surface area (Å²) in [5.74, 6) is -0.707. The minimum absolute atomic E-state index is 0.308. The molecule has 0 spiro atoms. The number of hydrogen-bond donors (Lipinski definition) is 1. The number of thiol groups is 1. The van der Waals surface area contributed by atoms with E-state index in [1.54, 1.807) is 12.1 Å². The fraction of sp³-hybridized carbons (Fsp3) is 0.0714. The molecular weight excluding hydrogens is 235 g/mol. The molecule has 0 aliphatic heterocycles. The van der Waals surface area contributed by atoms with Crippen LogP contribution in [0.15, 0.2) is 53.4 Å². The highest BCUT2D eigenvalue weighted by molar-refractivity contribution is 7.80. The highest BCUT2D eigenvalue weighted by Gasteiger charge is 2.15. The van der Waals surface area contributed by atoms with Crippen molar-refractivity contribution in [3.8, 4) is 0 Å². The van der Waals surface area contributed by atoms with Crippen molar-refractivity contribution < 1.29 is 9.18 Å². The standard InChI is InChI=1S/C14H11FOS/c15-11-7-5-10(6-8-11)13(9-16)12-3-1-2-4-14(12)17/h1-9,13,17H. The normalized spacial score (nSPS) is 12.1. The summed E-state index contributed by atoms with van der Waals surface area (Å²) in [6.45, 7) is 0. The highest BCUT2D eigenvalue weighted by atomic mass is 32.1. The van der Waals surface area contributed by atoms with Crippen LogP contribution in [0.2, 0.25) is 0 Å². The lowest BCUT2D eigenvalue weighted by Crippen LogP contribution is -2.03. The second-order valence-electron chi connectivity index (χ2n) is 3.72. The topological polar surface area (TPSA) is 17.1 Å². The van der Waals surface area contributed by atoms with Gasteiger partial charge in [0.1, 0.15) is 12.1 Å². The summed E-state index contributed by atoms with van der Waals surface area (Å²) >= 11 is 4.33. The fourth-order valence-corrected chi connectivity index (χ4v) is 2.05. The molecule has 3 heteroatoms. The van der Waals surface area contributed by atoms with E-state index >= 15 is 0 Å². The molecule has 0 amide bonds. The molecule has 1 atom stereocenters. The second-order valence-corrected chi connectivity index (χ2v) is 4.21. The average Bonchev–Trinajstić information content (AvgIpc) is 2.35. The van der Waals surface area contributed by atoms with Crippen molar-refractivity contribution in [3.05, 3.63) is 65.5 Å². The van der Waals surface area contributed by atoms with Gasteiger partial charge in [0.2, 0.25) is 0 Å². The number of hydrogen-bond acceptors (Lipinski definition) is 2. The smallest absolute Gasteiger partial charge is 0.131 e. The van der Waals surface area contributed by atoms with Gasteiger partial charge in [0.15, 0.2) is 0 Å². The van der Waals surface area contributed by atoms with Crippen LogP contribution in [0.1, 0.15) is 17.0 Å². The third kappa shape index (κ3) is 2.56. The van der Waals surface area contributed by atoms with Crippen molar-refractivity contribution in [2.45, 2.75) is 10.8 Å². The zero-order valence-corrected chi connectivity index (χ0v) is 9.90. The zero-order chi connectivity index (χ0) is 12.3. The minimum atomic E-state index is -0.399. The van der Waals surface area contributed by atoms with Gasteiger partial charge in [-0.3, -0.25) is 0 Å². The number of benzene rings is 2. The molecular formula is C14H11FOS. The molecule has 86 valence electrons. The molecule has 0 aromatic heterocycles. The first-order valence-corrected chi connectivity index (χ1v) is 5.65. The summed E-state index contributed by atoms with van der Waals surface area (Å²) in [4.78, 5) is 12.0. The van der Waals surface area contributed by atoms with Crippen molar-refractivity contribution in [2.75, 3.05) is 0 Å². The number of halogens is 1. The third-order valence-electron chi connectivity index (χ3n) is 2.64. The first-order chi connectivity index (χ1) is 8.22. The average molecular weight is 246 g/mol. The van der Waals surface area contributed by atoms with Crippen molar-refractivity contribution in [1.82, 2.24) is 0 Å². The van der Waals surface area contributed by atoms with E-state index in [0.29, 0.717) is 0 Å². The van der Waals surface area contributed by atoms with E-state index in [2.05, 4.69) is 12.6 Å². The third-order valence-corrected chi connectivity index (χ3v) is 3.04. The molecule has 0 saturated carbocycles. The zero-order valence-electron chi connectivity index (χ0n) is 9.01. The molecule has 17 heavy (non-hydrogen) atoms. The lowest BCUT2D eigenvalue weighted by molar-refractivity contribution is -0.108. The first kappa shape index (κ1) is 11.9. The summed E-state index contributed by atoms with van der Waals surface area (Å²) < 4.78 is 12.8. The Kier molecular flexibility index (Phi) is 3.59. The molecule has 0 N–H and O–H groups in total. The molecule has 2 aromatic rings. The predicted molar refractivity (Wildman–Crippen MR) is 68.0 cm³/mol. The van der Waals surface area contributed by atoms with Crippen molar-refractivity contribution in [2.24, 2.45) is 0 Å². The van der Waals surface area contributed by atoms with Crippen LogP contribution in [0.25, 0.3) is 0 Å². The maximum Gasteiger partial charge on any atom is 0.131 e. The number of aldehydes is 1. The maximum atomic E-state index is 12.8. The summed E-state index contributed by atoms with van der Waals surface area (Å²) in [5.41, 5.74) is 1.60. The lowest BCUT2D eigenvalue weighted by atomic mass is 9.93. The van der Waals surface area contributed by atoms with Crippen LogP contribution in [0.3, 0.4) is 0 Å². The Morgan fingerprint density at radius 1 is 1.06 bits per heavy atom. The van der Waals surface area contributed by atoms with Crippen molar-refractivity contribution in [3.63, 3.8) is 0 Å². The molecule has 0 bridgehead atoms. The molecule has 2 aromatic carbocycles. The van der Waals surface area contributed by atoms with Crippen molar-refractivity contribution in [1.29, 1.82) is 0 Å². The second kappa shape index (κ2) is 5.15. The molecule has 0 saturated heterocycles. The summed E-state index contributed by atoms with van der Waals surface area (Å²) in [7, 11) is 0. The van der Waals surface area contributed by atoms with Gasteiger partial charge in [-0.15, -0.1) is 12.6 Å². The molecule has 0 heterocycles. The monoisotopic (exact) mass is 246 g/mol. The Morgan fingerprint density at radius 3 is 2.29 bits per heavy atom. The van der Waals surface area contributed by atoms with Crippen LogP contribution in [0.4, 0.5) is 4.39 Å². The van der Waals surface area contributed by atoms with Gasteiger partial charge in [0.25, 0.3) is 0 Å². The van der Waals surface area contributed by atoms with Gasteiger partial charge in [-0.05, 0) is 29.3 Å². The van der Waals surface area contributed by atoms with Gasteiger partial charge in [-0.2, -0.15) is 0 Å². The van der Waals surface area contributed by atoms with Gasteiger partial charge >= 0.3 is 0 Å². The van der Waals surface area contributed by atoms with E-state index in [9.17, 15) is 9.18 Å². The van der Waals surface area contributed by atoms with Crippen LogP contribution in [-0.4, -0.2) is 6.29 Å². The van der Waals surface area contributed by atoms with E-state index < -0.39 is 5.92 Å². The number of carbonyl (C=O) groups is 1. The molecule has 0 radical (unpaired) electrons. The molecule has 2 rings (SSSR count). The van der Waals surface area contributed by atoms with Crippen LogP contribution in [0.5, 0.6) is 0 Å². The minimum Gasteiger partial charge on any atom is -0.302 e. The van der Waals surface area contributed by atoms with Gasteiger partial charge in [-0.25, -0.2) is 4.39 Å². The number of rotatable bonds is 3. The largest absolute Gasteiger partial charge is 0.302 e. The lowest BCUT2D eigenvalue weighted by Gasteiger charge is -2.13. The quantitative estimate of drug-likeness (QED) is 0.648. The van der Waals surface area contributed by atoms with E-state index in [0.717, 1.165) is 22.3 Å². The van der Waals surface area contributed by atoms with Gasteiger partial charge in [0.05, 0.1) is 5.92 Å². The summed E-state index contributed by atoms with van der Waals surface area (Å²) in [5, 5.41) is 0. The Balaban J connectivity index is 2.44. The summed E-state index contributed by atoms with van der Waals surface area (Å²) in [6, 6.07) is 13.3. The Bertz CT molecular complexity index is 522. The van der Waals surface area contributed by atoms with E-state index in [4.69, 9.17) is 0 Å². The molecule has 0 aliphatic carbocycles. The van der Waals surface area contributed by atoms with Crippen LogP contribution >= 0.6 is 12.6 Å². The van der Waals surface area contributed by atoms with E-state index in [1.165, 1.54) is 12.1 Å². The Hall–Kier alpha value is -1.61. The SMILES string of the molecule is O=CC(c1ccc(F)cc1)c1ccccc1S. The molecule has 0 aliphatic rings. The van der Waals surface area contributed by atoms with Gasteiger partial charge < -0.3 is 4.79 Å². The predicted octanol–water partition coefficient (Wildman–Crippen LogP) is 3.45. The Morgan fingerprint density at radius 2 is 1.71 bits per heavy atom.